The lowest BCUT2D eigenvalue weighted by molar-refractivity contribution is 0.410. The molecule has 0 saturated carbocycles. The summed E-state index contributed by atoms with van der Waals surface area (Å²) in [5.41, 5.74) is 2.19. The third kappa shape index (κ3) is 2.78. The van der Waals surface area contributed by atoms with Gasteiger partial charge in [0.05, 0.1) is 7.11 Å². The van der Waals surface area contributed by atoms with Crippen molar-refractivity contribution in [3.63, 3.8) is 0 Å². The molecular formula is C18H16N6OS2. The molecular weight excluding hydrogens is 380 g/mol. The highest BCUT2D eigenvalue weighted by molar-refractivity contribution is 7.99. The minimum atomic E-state index is 0.650. The Labute approximate surface area is 163 Å². The molecule has 27 heavy (non-hydrogen) atoms. The van der Waals surface area contributed by atoms with Crippen LogP contribution >= 0.6 is 23.1 Å². The van der Waals surface area contributed by atoms with Crippen molar-refractivity contribution in [3.8, 4) is 11.4 Å². The predicted molar refractivity (Wildman–Crippen MR) is 104 cm³/mol. The van der Waals surface area contributed by atoms with Crippen molar-refractivity contribution in [2.24, 2.45) is 0 Å². The molecule has 0 atom stereocenters. The number of aryl methyl sites for hydroxylation is 3. The first-order chi connectivity index (χ1) is 13.2. The van der Waals surface area contributed by atoms with Crippen LogP contribution in [-0.2, 0) is 12.8 Å². The van der Waals surface area contributed by atoms with Crippen LogP contribution in [0.4, 0.5) is 0 Å². The molecule has 0 fully saturated rings. The molecule has 5 rings (SSSR count). The van der Waals surface area contributed by atoms with E-state index in [9.17, 15) is 0 Å². The second-order valence-electron chi connectivity index (χ2n) is 6.26. The fourth-order valence-electron chi connectivity index (χ4n) is 3.42. The Morgan fingerprint density at radius 2 is 2.07 bits per heavy atom. The quantitative estimate of drug-likeness (QED) is 0.487. The SMILES string of the molecule is COc1ccccc1-n1nnnc1Sc1nc(C)nc2sc3c(c12)CCC3. The first-order valence-electron chi connectivity index (χ1n) is 8.63. The second-order valence-corrected chi connectivity index (χ2v) is 8.30. The zero-order valence-corrected chi connectivity index (χ0v) is 16.5. The summed E-state index contributed by atoms with van der Waals surface area (Å²) in [5.74, 6) is 1.48. The Hall–Kier alpha value is -2.52. The largest absolute Gasteiger partial charge is 0.494 e. The van der Waals surface area contributed by atoms with Gasteiger partial charge in [0, 0.05) is 10.3 Å². The second kappa shape index (κ2) is 6.58. The Balaban J connectivity index is 1.63. The van der Waals surface area contributed by atoms with Crippen molar-refractivity contribution in [1.82, 2.24) is 30.2 Å². The molecule has 1 aromatic carbocycles. The summed E-state index contributed by atoms with van der Waals surface area (Å²) in [4.78, 5) is 11.9. The van der Waals surface area contributed by atoms with Crippen LogP contribution in [0.15, 0.2) is 34.4 Å². The van der Waals surface area contributed by atoms with Crippen molar-refractivity contribution in [2.45, 2.75) is 36.4 Å². The van der Waals surface area contributed by atoms with E-state index in [2.05, 4.69) is 20.5 Å². The molecule has 0 radical (unpaired) electrons. The van der Waals surface area contributed by atoms with Gasteiger partial charge in [0.15, 0.2) is 0 Å². The van der Waals surface area contributed by atoms with Crippen LogP contribution in [0.1, 0.15) is 22.7 Å². The number of para-hydroxylation sites is 2. The molecule has 0 unspecified atom stereocenters. The van der Waals surface area contributed by atoms with E-state index in [0.717, 1.165) is 39.6 Å². The van der Waals surface area contributed by atoms with Gasteiger partial charge in [-0.3, -0.25) is 0 Å². The van der Waals surface area contributed by atoms with Gasteiger partial charge >= 0.3 is 0 Å². The van der Waals surface area contributed by atoms with E-state index in [1.807, 2.05) is 31.2 Å². The van der Waals surface area contributed by atoms with Gasteiger partial charge < -0.3 is 4.74 Å². The number of rotatable bonds is 4. The molecule has 0 aliphatic heterocycles. The van der Waals surface area contributed by atoms with Gasteiger partial charge in [-0.2, -0.15) is 4.68 Å². The van der Waals surface area contributed by atoms with E-state index in [-0.39, 0.29) is 0 Å². The molecule has 0 amide bonds. The number of hydrogen-bond acceptors (Lipinski definition) is 8. The Morgan fingerprint density at radius 3 is 2.96 bits per heavy atom. The van der Waals surface area contributed by atoms with E-state index < -0.39 is 0 Å². The zero-order chi connectivity index (χ0) is 18.4. The third-order valence-corrected chi connectivity index (χ3v) is 6.70. The molecule has 0 saturated heterocycles. The smallest absolute Gasteiger partial charge is 0.220 e. The highest BCUT2D eigenvalue weighted by Gasteiger charge is 2.24. The van der Waals surface area contributed by atoms with Gasteiger partial charge in [0.2, 0.25) is 5.16 Å². The molecule has 9 heteroatoms. The van der Waals surface area contributed by atoms with Gasteiger partial charge in [0.1, 0.15) is 27.1 Å². The molecule has 0 spiro atoms. The summed E-state index contributed by atoms with van der Waals surface area (Å²) in [6.45, 7) is 1.93. The first-order valence-corrected chi connectivity index (χ1v) is 10.3. The summed E-state index contributed by atoms with van der Waals surface area (Å²) in [6.07, 6.45) is 3.43. The summed E-state index contributed by atoms with van der Waals surface area (Å²) < 4.78 is 7.16. The lowest BCUT2D eigenvalue weighted by atomic mass is 10.2. The minimum Gasteiger partial charge on any atom is -0.494 e. The average Bonchev–Trinajstić information content (AvgIpc) is 3.37. The Morgan fingerprint density at radius 1 is 1.19 bits per heavy atom. The number of nitrogens with zero attached hydrogens (tertiary/aromatic N) is 6. The number of benzene rings is 1. The van der Waals surface area contributed by atoms with Crippen LogP contribution in [0.2, 0.25) is 0 Å². The highest BCUT2D eigenvalue weighted by atomic mass is 32.2. The van der Waals surface area contributed by atoms with E-state index in [0.29, 0.717) is 10.9 Å². The maximum Gasteiger partial charge on any atom is 0.220 e. The van der Waals surface area contributed by atoms with Crippen LogP contribution in [0, 0.1) is 6.92 Å². The fraction of sp³-hybridized carbons (Fsp3) is 0.278. The molecule has 136 valence electrons. The van der Waals surface area contributed by atoms with Gasteiger partial charge in [-0.15, -0.1) is 16.4 Å². The van der Waals surface area contributed by atoms with Crippen molar-refractivity contribution in [3.05, 3.63) is 40.5 Å². The van der Waals surface area contributed by atoms with Gasteiger partial charge in [-0.25, -0.2) is 9.97 Å². The lowest BCUT2D eigenvalue weighted by Crippen LogP contribution is -2.02. The van der Waals surface area contributed by atoms with E-state index in [4.69, 9.17) is 9.72 Å². The molecule has 7 nitrogen and oxygen atoms in total. The van der Waals surface area contributed by atoms with Gasteiger partial charge in [0.25, 0.3) is 0 Å². The standard InChI is InChI=1S/C18H16N6OS2/c1-10-19-16-15(11-6-5-9-14(11)26-16)17(20-10)27-18-21-22-23-24(18)12-7-3-4-8-13(12)25-2/h3-4,7-8H,5-6,9H2,1-2H3. The number of tetrazole rings is 1. The molecule has 0 bridgehead atoms. The topological polar surface area (TPSA) is 78.6 Å². The molecule has 0 N–H and O–H groups in total. The van der Waals surface area contributed by atoms with Gasteiger partial charge in [-0.05, 0) is 66.1 Å². The molecule has 3 heterocycles. The Bertz CT molecular complexity index is 1150. The molecule has 1 aliphatic carbocycles. The Kier molecular flexibility index (Phi) is 4.05. The first kappa shape index (κ1) is 16.6. The van der Waals surface area contributed by atoms with Crippen LogP contribution in [-0.4, -0.2) is 37.3 Å². The minimum absolute atomic E-state index is 0.650. The number of ether oxygens (including phenoxy) is 1. The monoisotopic (exact) mass is 396 g/mol. The van der Waals surface area contributed by atoms with Gasteiger partial charge in [-0.1, -0.05) is 12.1 Å². The van der Waals surface area contributed by atoms with Crippen LogP contribution in [0.3, 0.4) is 0 Å². The summed E-state index contributed by atoms with van der Waals surface area (Å²) in [5, 5.41) is 15.0. The third-order valence-electron chi connectivity index (χ3n) is 4.59. The number of thiophene rings is 1. The summed E-state index contributed by atoms with van der Waals surface area (Å²) >= 11 is 3.27. The molecule has 1 aliphatic rings. The highest BCUT2D eigenvalue weighted by Crippen LogP contribution is 2.42. The zero-order valence-electron chi connectivity index (χ0n) is 14.8. The van der Waals surface area contributed by atoms with Crippen molar-refractivity contribution in [1.29, 1.82) is 0 Å². The van der Waals surface area contributed by atoms with E-state index >= 15 is 0 Å². The summed E-state index contributed by atoms with van der Waals surface area (Å²) in [7, 11) is 1.64. The maximum atomic E-state index is 5.46. The number of hydrogen-bond donors (Lipinski definition) is 0. The normalized spacial score (nSPS) is 13.3. The maximum absolute atomic E-state index is 5.46. The lowest BCUT2D eigenvalue weighted by Gasteiger charge is -2.09. The number of methoxy groups -OCH3 is 1. The van der Waals surface area contributed by atoms with Crippen molar-refractivity contribution < 1.29 is 4.74 Å². The van der Waals surface area contributed by atoms with Crippen LogP contribution in [0.5, 0.6) is 5.75 Å². The predicted octanol–water partition coefficient (Wildman–Crippen LogP) is 3.62. The van der Waals surface area contributed by atoms with Crippen molar-refractivity contribution in [2.75, 3.05) is 7.11 Å². The molecule has 4 aromatic rings. The molecule has 3 aromatic heterocycles. The van der Waals surface area contributed by atoms with Crippen LogP contribution < -0.4 is 4.74 Å². The number of fused-ring (bicyclic) bond motifs is 3. The van der Waals surface area contributed by atoms with E-state index in [1.54, 1.807) is 23.1 Å². The van der Waals surface area contributed by atoms with Crippen LogP contribution in [0.25, 0.3) is 15.9 Å². The fourth-order valence-corrected chi connectivity index (χ4v) is 5.77. The average molecular weight is 397 g/mol. The van der Waals surface area contributed by atoms with E-state index in [1.165, 1.54) is 28.6 Å². The number of aromatic nitrogens is 6. The summed E-state index contributed by atoms with van der Waals surface area (Å²) in [6, 6.07) is 7.69. The van der Waals surface area contributed by atoms with Crippen molar-refractivity contribution >= 4 is 33.3 Å².